The maximum Gasteiger partial charge on any atom is 0.163 e. The number of benzene rings is 4. The molecule has 2 unspecified atom stereocenters. The fourth-order valence-electron chi connectivity index (χ4n) is 7.68. The van der Waals surface area contributed by atoms with Crippen LogP contribution in [-0.4, -0.2) is 63.4 Å². The molecule has 4 aromatic carbocycles. The van der Waals surface area contributed by atoms with Gasteiger partial charge >= 0.3 is 0 Å². The van der Waals surface area contributed by atoms with Crippen molar-refractivity contribution in [3.8, 4) is 23.0 Å². The molecule has 0 aromatic heterocycles. The molecule has 8 heteroatoms. The van der Waals surface area contributed by atoms with Crippen LogP contribution in [0.2, 0.25) is 0 Å². The third-order valence-electron chi connectivity index (χ3n) is 10.1. The molecule has 288 valence electrons. The predicted molar refractivity (Wildman–Crippen MR) is 209 cm³/mol. The van der Waals surface area contributed by atoms with Crippen molar-refractivity contribution in [1.82, 2.24) is 0 Å². The van der Waals surface area contributed by atoms with Gasteiger partial charge in [0, 0.05) is 25.7 Å². The lowest BCUT2D eigenvalue weighted by molar-refractivity contribution is -0.141. The van der Waals surface area contributed by atoms with Crippen LogP contribution in [0.25, 0.3) is 0 Å². The number of rotatable bonds is 12. The fourth-order valence-corrected chi connectivity index (χ4v) is 7.68. The molecule has 4 aromatic rings. The van der Waals surface area contributed by atoms with Gasteiger partial charge in [-0.2, -0.15) is 0 Å². The van der Waals surface area contributed by atoms with Gasteiger partial charge in [0.05, 0.1) is 26.4 Å². The minimum absolute atomic E-state index is 0.165. The van der Waals surface area contributed by atoms with Crippen LogP contribution in [0.15, 0.2) is 72.8 Å². The SMILES string of the molecule is CCCOc1c2cccc1Cc1cccc(c1OCC1COC(C)(C)O1)Cc1cccc(c1OCCC)Cc1cccc(c1OCC1COC(C)(C)O1)C2. The van der Waals surface area contributed by atoms with E-state index in [4.69, 9.17) is 37.9 Å². The molecule has 0 amide bonds. The number of hydrogen-bond donors (Lipinski definition) is 0. The second-order valence-corrected chi connectivity index (χ2v) is 15.5. The molecule has 2 atom stereocenters. The molecule has 54 heavy (non-hydrogen) atoms. The summed E-state index contributed by atoms with van der Waals surface area (Å²) in [5, 5.41) is 0. The molecule has 2 aliphatic heterocycles. The average Bonchev–Trinajstić information content (AvgIpc) is 3.68. The van der Waals surface area contributed by atoms with E-state index in [1.165, 1.54) is 0 Å². The Morgan fingerprint density at radius 3 is 0.981 bits per heavy atom. The third kappa shape index (κ3) is 9.06. The van der Waals surface area contributed by atoms with Gasteiger partial charge < -0.3 is 37.9 Å². The maximum absolute atomic E-state index is 6.79. The molecule has 8 nitrogen and oxygen atoms in total. The third-order valence-corrected chi connectivity index (χ3v) is 10.1. The van der Waals surface area contributed by atoms with Crippen LogP contribution in [0.5, 0.6) is 23.0 Å². The van der Waals surface area contributed by atoms with E-state index in [2.05, 4.69) is 86.6 Å². The fraction of sp³-hybridized carbons (Fsp3) is 0.478. The topological polar surface area (TPSA) is 73.8 Å². The van der Waals surface area contributed by atoms with Crippen molar-refractivity contribution in [1.29, 1.82) is 0 Å². The van der Waals surface area contributed by atoms with Gasteiger partial charge in [-0.05, 0) is 85.0 Å². The van der Waals surface area contributed by atoms with Crippen molar-refractivity contribution >= 4 is 0 Å². The van der Waals surface area contributed by atoms with Gasteiger partial charge in [0.2, 0.25) is 0 Å². The second-order valence-electron chi connectivity index (χ2n) is 15.5. The lowest BCUT2D eigenvalue weighted by Crippen LogP contribution is -2.25. The Balaban J connectivity index is 1.34. The zero-order valence-corrected chi connectivity index (χ0v) is 32.8. The molecule has 7 rings (SSSR count). The van der Waals surface area contributed by atoms with Crippen LogP contribution in [0.1, 0.15) is 98.9 Å². The normalized spacial score (nSPS) is 20.0. The Hall–Kier alpha value is -4.08. The van der Waals surface area contributed by atoms with E-state index in [1.54, 1.807) is 0 Å². The minimum Gasteiger partial charge on any atom is -0.493 e. The monoisotopic (exact) mass is 736 g/mol. The molecule has 3 aliphatic rings. The van der Waals surface area contributed by atoms with Gasteiger partial charge in [0.1, 0.15) is 48.4 Å². The van der Waals surface area contributed by atoms with Crippen LogP contribution < -0.4 is 18.9 Å². The van der Waals surface area contributed by atoms with Crippen LogP contribution >= 0.6 is 0 Å². The largest absolute Gasteiger partial charge is 0.493 e. The van der Waals surface area contributed by atoms with E-state index in [9.17, 15) is 0 Å². The Labute approximate surface area is 321 Å². The number of hydrogen-bond acceptors (Lipinski definition) is 8. The predicted octanol–water partition coefficient (Wildman–Crippen LogP) is 9.00. The molecule has 0 spiro atoms. The minimum atomic E-state index is -0.627. The molecular weight excluding hydrogens is 680 g/mol. The molecular formula is C46H56O8. The number of ether oxygens (including phenoxy) is 8. The van der Waals surface area contributed by atoms with Crippen LogP contribution in [0.3, 0.4) is 0 Å². The Morgan fingerprint density at radius 2 is 0.741 bits per heavy atom. The van der Waals surface area contributed by atoms with E-state index in [0.717, 1.165) is 80.3 Å². The maximum atomic E-state index is 6.79. The summed E-state index contributed by atoms with van der Waals surface area (Å²) in [6, 6.07) is 26.0. The number of para-hydroxylation sites is 4. The average molecular weight is 737 g/mol. The first-order valence-corrected chi connectivity index (χ1v) is 19.7. The molecule has 0 radical (unpaired) electrons. The van der Waals surface area contributed by atoms with Crippen molar-refractivity contribution in [2.24, 2.45) is 0 Å². The van der Waals surface area contributed by atoms with Crippen LogP contribution in [0, 0.1) is 0 Å². The van der Waals surface area contributed by atoms with E-state index < -0.39 is 11.6 Å². The molecule has 1 aliphatic carbocycles. The first-order chi connectivity index (χ1) is 26.1. The summed E-state index contributed by atoms with van der Waals surface area (Å²) >= 11 is 0. The molecule has 2 heterocycles. The molecule has 8 bridgehead atoms. The zero-order valence-electron chi connectivity index (χ0n) is 32.8. The standard InChI is InChI=1S/C46H56O8/c1-7-21-47-41-31-13-9-14-32(41)24-36-18-12-20-38(44(36)50-28-40-30-52-46(5,6)54-40)26-34-16-10-15-33(42(34)48-22-8-2)25-37-19-11-17-35(23-31)43(37)49-27-39-29-51-45(3,4)53-39/h9-20,39-40H,7-8,21-30H2,1-6H3. The summed E-state index contributed by atoms with van der Waals surface area (Å²) < 4.78 is 50.9. The van der Waals surface area contributed by atoms with Crippen molar-refractivity contribution < 1.29 is 37.9 Å². The van der Waals surface area contributed by atoms with E-state index in [-0.39, 0.29) is 12.2 Å². The Morgan fingerprint density at radius 1 is 0.463 bits per heavy atom. The van der Waals surface area contributed by atoms with Gasteiger partial charge in [-0.3, -0.25) is 0 Å². The Kier molecular flexibility index (Phi) is 11.8. The highest BCUT2D eigenvalue weighted by Gasteiger charge is 2.34. The summed E-state index contributed by atoms with van der Waals surface area (Å²) in [4.78, 5) is 0. The highest BCUT2D eigenvalue weighted by Crippen LogP contribution is 2.39. The van der Waals surface area contributed by atoms with Crippen molar-refractivity contribution in [2.75, 3.05) is 39.6 Å². The summed E-state index contributed by atoms with van der Waals surface area (Å²) in [5.41, 5.74) is 8.83. The number of fused-ring (bicyclic) bond motifs is 8. The highest BCUT2D eigenvalue weighted by molar-refractivity contribution is 5.56. The lowest BCUT2D eigenvalue weighted by Gasteiger charge is -2.23. The summed E-state index contributed by atoms with van der Waals surface area (Å²) in [6.45, 7) is 15.1. The van der Waals surface area contributed by atoms with E-state index in [0.29, 0.717) is 65.3 Å². The highest BCUT2D eigenvalue weighted by atomic mass is 16.8. The van der Waals surface area contributed by atoms with Crippen molar-refractivity contribution in [3.63, 3.8) is 0 Å². The molecule has 2 saturated heterocycles. The van der Waals surface area contributed by atoms with E-state index >= 15 is 0 Å². The summed E-state index contributed by atoms with van der Waals surface area (Å²) in [6.07, 6.45) is 4.04. The molecule has 0 saturated carbocycles. The summed E-state index contributed by atoms with van der Waals surface area (Å²) in [5.74, 6) is 2.33. The Bertz CT molecular complexity index is 1680. The second kappa shape index (κ2) is 16.7. The van der Waals surface area contributed by atoms with Gasteiger partial charge in [0.25, 0.3) is 0 Å². The quantitative estimate of drug-likeness (QED) is 0.126. The van der Waals surface area contributed by atoms with Gasteiger partial charge in [0.15, 0.2) is 11.6 Å². The molecule has 2 fully saturated rings. The van der Waals surface area contributed by atoms with Crippen molar-refractivity contribution in [3.05, 3.63) is 117 Å². The van der Waals surface area contributed by atoms with Gasteiger partial charge in [-0.15, -0.1) is 0 Å². The first-order valence-electron chi connectivity index (χ1n) is 19.7. The van der Waals surface area contributed by atoms with Crippen molar-refractivity contribution in [2.45, 2.75) is 104 Å². The lowest BCUT2D eigenvalue weighted by atomic mass is 9.91. The van der Waals surface area contributed by atoms with E-state index in [1.807, 2.05) is 27.7 Å². The first kappa shape index (κ1) is 38.2. The smallest absolute Gasteiger partial charge is 0.163 e. The van der Waals surface area contributed by atoms with Crippen LogP contribution in [0.4, 0.5) is 0 Å². The molecule has 0 N–H and O–H groups in total. The zero-order chi connectivity index (χ0) is 37.7. The summed E-state index contributed by atoms with van der Waals surface area (Å²) in [7, 11) is 0. The van der Waals surface area contributed by atoms with Gasteiger partial charge in [-0.1, -0.05) is 86.6 Å². The van der Waals surface area contributed by atoms with Gasteiger partial charge in [-0.25, -0.2) is 0 Å². The van der Waals surface area contributed by atoms with Crippen LogP contribution in [-0.2, 0) is 44.6 Å².